The number of hydrogen-bond donors (Lipinski definition) is 1. The molecule has 0 spiro atoms. The Morgan fingerprint density at radius 2 is 1.96 bits per heavy atom. The van der Waals surface area contributed by atoms with Crippen molar-refractivity contribution in [3.8, 4) is 5.75 Å². The van der Waals surface area contributed by atoms with Crippen molar-refractivity contribution in [2.45, 2.75) is 25.9 Å². The second-order valence-corrected chi connectivity index (χ2v) is 5.85. The Labute approximate surface area is 166 Å². The lowest BCUT2D eigenvalue weighted by atomic mass is 10.1. The zero-order valence-corrected chi connectivity index (χ0v) is 17.4. The molecule has 1 aromatic carbocycles. The number of rotatable bonds is 6. The molecule has 0 saturated carbocycles. The monoisotopic (exact) mass is 467 g/mol. The molecule has 1 aliphatic heterocycles. The first-order chi connectivity index (χ1) is 11.2. The molecular formula is C17H27ClIN3O2. The van der Waals surface area contributed by atoms with Gasteiger partial charge in [0, 0.05) is 31.8 Å². The highest BCUT2D eigenvalue weighted by Crippen LogP contribution is 2.15. The van der Waals surface area contributed by atoms with E-state index in [2.05, 4.69) is 15.2 Å². The summed E-state index contributed by atoms with van der Waals surface area (Å²) < 4.78 is 11.4. The minimum Gasteiger partial charge on any atom is -0.492 e. The number of halogens is 2. The molecule has 1 aliphatic rings. The highest BCUT2D eigenvalue weighted by atomic mass is 127. The van der Waals surface area contributed by atoms with Crippen molar-refractivity contribution < 1.29 is 9.47 Å². The SMILES string of the molecule is CCOC1CCN(C(=NC)NCCOc2ccc(Cl)cc2)CC1.I. The van der Waals surface area contributed by atoms with Gasteiger partial charge in [0.25, 0.3) is 0 Å². The summed E-state index contributed by atoms with van der Waals surface area (Å²) in [6.07, 6.45) is 2.49. The molecule has 0 amide bonds. The first-order valence-electron chi connectivity index (χ1n) is 8.18. The van der Waals surface area contributed by atoms with Crippen LogP contribution in [0.15, 0.2) is 29.3 Å². The van der Waals surface area contributed by atoms with Crippen molar-refractivity contribution in [3.05, 3.63) is 29.3 Å². The molecule has 0 bridgehead atoms. The van der Waals surface area contributed by atoms with Crippen LogP contribution in [0, 0.1) is 0 Å². The predicted octanol–water partition coefficient (Wildman–Crippen LogP) is 3.41. The third kappa shape index (κ3) is 7.03. The lowest BCUT2D eigenvalue weighted by molar-refractivity contribution is 0.0263. The number of nitrogens with zero attached hydrogens (tertiary/aromatic N) is 2. The lowest BCUT2D eigenvalue weighted by Gasteiger charge is -2.34. The average Bonchev–Trinajstić information content (AvgIpc) is 2.58. The van der Waals surface area contributed by atoms with Crippen molar-refractivity contribution in [3.63, 3.8) is 0 Å². The third-order valence-electron chi connectivity index (χ3n) is 3.82. The quantitative estimate of drug-likeness (QED) is 0.301. The minimum atomic E-state index is 0. The van der Waals surface area contributed by atoms with E-state index in [1.807, 2.05) is 38.2 Å². The fraction of sp³-hybridized carbons (Fsp3) is 0.588. The fourth-order valence-corrected chi connectivity index (χ4v) is 2.79. The molecule has 5 nitrogen and oxygen atoms in total. The second-order valence-electron chi connectivity index (χ2n) is 5.42. The summed E-state index contributed by atoms with van der Waals surface area (Å²) in [7, 11) is 1.82. The van der Waals surface area contributed by atoms with E-state index >= 15 is 0 Å². The summed E-state index contributed by atoms with van der Waals surface area (Å²) in [4.78, 5) is 6.63. The van der Waals surface area contributed by atoms with Crippen molar-refractivity contribution >= 4 is 41.5 Å². The normalized spacial score (nSPS) is 15.8. The molecule has 24 heavy (non-hydrogen) atoms. The molecule has 136 valence electrons. The Hall–Kier alpha value is -0.730. The fourth-order valence-electron chi connectivity index (χ4n) is 2.66. The van der Waals surface area contributed by atoms with Gasteiger partial charge < -0.3 is 19.7 Å². The first-order valence-corrected chi connectivity index (χ1v) is 8.56. The molecule has 1 saturated heterocycles. The van der Waals surface area contributed by atoms with Crippen LogP contribution in [0.2, 0.25) is 5.02 Å². The number of aliphatic imine (C=N–C) groups is 1. The van der Waals surface area contributed by atoms with Gasteiger partial charge in [-0.05, 0) is 44.0 Å². The molecule has 0 aliphatic carbocycles. The second kappa shape index (κ2) is 11.8. The van der Waals surface area contributed by atoms with E-state index in [9.17, 15) is 0 Å². The van der Waals surface area contributed by atoms with Crippen molar-refractivity contribution in [1.82, 2.24) is 10.2 Å². The topological polar surface area (TPSA) is 46.1 Å². The maximum absolute atomic E-state index is 5.85. The van der Waals surface area contributed by atoms with E-state index in [0.717, 1.165) is 44.2 Å². The largest absolute Gasteiger partial charge is 0.492 e. The average molecular weight is 468 g/mol. The number of nitrogens with one attached hydrogen (secondary N) is 1. The van der Waals surface area contributed by atoms with E-state index in [1.165, 1.54) is 0 Å². The summed E-state index contributed by atoms with van der Waals surface area (Å²) in [6, 6.07) is 7.39. The van der Waals surface area contributed by atoms with Crippen molar-refractivity contribution in [1.29, 1.82) is 0 Å². The van der Waals surface area contributed by atoms with Crippen LogP contribution in [-0.2, 0) is 4.74 Å². The Bertz CT molecular complexity index is 491. The number of piperidine rings is 1. The van der Waals surface area contributed by atoms with E-state index in [0.29, 0.717) is 24.3 Å². The van der Waals surface area contributed by atoms with Crippen LogP contribution in [0.25, 0.3) is 0 Å². The number of likely N-dealkylation sites (tertiary alicyclic amines) is 1. The molecule has 0 atom stereocenters. The Morgan fingerprint density at radius 3 is 2.54 bits per heavy atom. The van der Waals surface area contributed by atoms with Gasteiger partial charge in [0.15, 0.2) is 5.96 Å². The summed E-state index contributed by atoms with van der Waals surface area (Å²) >= 11 is 5.85. The van der Waals surface area contributed by atoms with Crippen molar-refractivity contribution in [2.75, 3.05) is 39.9 Å². The molecule has 1 fully saturated rings. The number of ether oxygens (including phenoxy) is 2. The molecular weight excluding hydrogens is 441 g/mol. The van der Waals surface area contributed by atoms with Crippen LogP contribution < -0.4 is 10.1 Å². The van der Waals surface area contributed by atoms with E-state index < -0.39 is 0 Å². The maximum atomic E-state index is 5.85. The standard InChI is InChI=1S/C17H26ClN3O2.HI/c1-3-22-16-8-11-21(12-9-16)17(19-2)20-10-13-23-15-6-4-14(18)5-7-15;/h4-7,16H,3,8-13H2,1-2H3,(H,19,20);1H. The Balaban J connectivity index is 0.00000288. The van der Waals surface area contributed by atoms with Gasteiger partial charge in [-0.2, -0.15) is 0 Å². The van der Waals surface area contributed by atoms with Gasteiger partial charge >= 0.3 is 0 Å². The predicted molar refractivity (Wildman–Crippen MR) is 110 cm³/mol. The van der Waals surface area contributed by atoms with E-state index in [-0.39, 0.29) is 24.0 Å². The summed E-state index contributed by atoms with van der Waals surface area (Å²) in [6.45, 7) is 6.08. The first kappa shape index (κ1) is 21.3. The van der Waals surface area contributed by atoms with Crippen LogP contribution in [0.3, 0.4) is 0 Å². The molecule has 1 aromatic rings. The summed E-state index contributed by atoms with van der Waals surface area (Å²) in [5.74, 6) is 1.75. The number of guanidine groups is 1. The molecule has 7 heteroatoms. The van der Waals surface area contributed by atoms with Gasteiger partial charge in [0.05, 0.1) is 12.6 Å². The van der Waals surface area contributed by atoms with Gasteiger partial charge in [0.1, 0.15) is 12.4 Å². The van der Waals surface area contributed by atoms with Crippen LogP contribution >= 0.6 is 35.6 Å². The lowest BCUT2D eigenvalue weighted by Crippen LogP contribution is -2.47. The van der Waals surface area contributed by atoms with E-state index in [1.54, 1.807) is 0 Å². The highest BCUT2D eigenvalue weighted by molar-refractivity contribution is 14.0. The Kier molecular flexibility index (Phi) is 10.4. The van der Waals surface area contributed by atoms with Crippen LogP contribution in [0.1, 0.15) is 19.8 Å². The summed E-state index contributed by atoms with van der Waals surface area (Å²) in [5, 5.41) is 4.07. The highest BCUT2D eigenvalue weighted by Gasteiger charge is 2.21. The van der Waals surface area contributed by atoms with Crippen LogP contribution in [0.4, 0.5) is 0 Å². The van der Waals surface area contributed by atoms with Gasteiger partial charge in [-0.15, -0.1) is 24.0 Å². The smallest absolute Gasteiger partial charge is 0.193 e. The Morgan fingerprint density at radius 1 is 1.29 bits per heavy atom. The molecule has 0 radical (unpaired) electrons. The molecule has 1 N–H and O–H groups in total. The molecule has 1 heterocycles. The molecule has 0 aromatic heterocycles. The third-order valence-corrected chi connectivity index (χ3v) is 4.08. The van der Waals surface area contributed by atoms with Gasteiger partial charge in [-0.25, -0.2) is 0 Å². The number of hydrogen-bond acceptors (Lipinski definition) is 3. The summed E-state index contributed by atoms with van der Waals surface area (Å²) in [5.41, 5.74) is 0. The molecule has 0 unspecified atom stereocenters. The van der Waals surface area contributed by atoms with Crippen molar-refractivity contribution in [2.24, 2.45) is 4.99 Å². The van der Waals surface area contributed by atoms with E-state index in [4.69, 9.17) is 21.1 Å². The molecule has 2 rings (SSSR count). The maximum Gasteiger partial charge on any atom is 0.193 e. The van der Waals surface area contributed by atoms with Gasteiger partial charge in [-0.3, -0.25) is 4.99 Å². The van der Waals surface area contributed by atoms with Crippen LogP contribution in [-0.4, -0.2) is 56.9 Å². The minimum absolute atomic E-state index is 0. The van der Waals surface area contributed by atoms with Gasteiger partial charge in [-0.1, -0.05) is 11.6 Å². The zero-order chi connectivity index (χ0) is 16.5. The zero-order valence-electron chi connectivity index (χ0n) is 14.3. The number of benzene rings is 1. The van der Waals surface area contributed by atoms with Crippen LogP contribution in [0.5, 0.6) is 5.75 Å². The van der Waals surface area contributed by atoms with Gasteiger partial charge in [0.2, 0.25) is 0 Å².